The highest BCUT2D eigenvalue weighted by Gasteiger charge is 2.33. The predicted molar refractivity (Wildman–Crippen MR) is 96.3 cm³/mol. The first kappa shape index (κ1) is 17.6. The van der Waals surface area contributed by atoms with Gasteiger partial charge >= 0.3 is 0 Å². The van der Waals surface area contributed by atoms with E-state index in [2.05, 4.69) is 10.5 Å². The summed E-state index contributed by atoms with van der Waals surface area (Å²) in [6, 6.07) is 2.02. The number of hydrogen-bond donors (Lipinski definition) is 1. The summed E-state index contributed by atoms with van der Waals surface area (Å²) in [5.41, 5.74) is 0.315. The van der Waals surface area contributed by atoms with Crippen molar-refractivity contribution < 1.29 is 14.1 Å². The van der Waals surface area contributed by atoms with Gasteiger partial charge in [0.1, 0.15) is 0 Å². The topological polar surface area (TPSA) is 75.4 Å². The summed E-state index contributed by atoms with van der Waals surface area (Å²) in [4.78, 5) is 26.7. The van der Waals surface area contributed by atoms with Crippen molar-refractivity contribution in [1.29, 1.82) is 0 Å². The van der Waals surface area contributed by atoms with Crippen molar-refractivity contribution in [3.8, 4) is 0 Å². The molecule has 1 aromatic heterocycles. The van der Waals surface area contributed by atoms with Crippen molar-refractivity contribution in [2.24, 2.45) is 11.8 Å². The fourth-order valence-corrected chi connectivity index (χ4v) is 3.89. The van der Waals surface area contributed by atoms with Crippen LogP contribution in [0.25, 0.3) is 0 Å². The molecule has 0 radical (unpaired) electrons. The van der Waals surface area contributed by atoms with Crippen molar-refractivity contribution in [3.63, 3.8) is 0 Å². The Morgan fingerprint density at radius 1 is 1.12 bits per heavy atom. The first-order chi connectivity index (χ1) is 12.7. The summed E-state index contributed by atoms with van der Waals surface area (Å²) in [6.07, 6.45) is 11.3. The predicted octanol–water partition coefficient (Wildman–Crippen LogP) is 3.28. The van der Waals surface area contributed by atoms with Gasteiger partial charge in [0, 0.05) is 25.1 Å². The van der Waals surface area contributed by atoms with E-state index in [4.69, 9.17) is 4.52 Å². The zero-order chi connectivity index (χ0) is 17.9. The van der Waals surface area contributed by atoms with Crippen molar-refractivity contribution in [2.75, 3.05) is 6.54 Å². The Bertz CT molecular complexity index is 642. The summed E-state index contributed by atoms with van der Waals surface area (Å²) in [6.45, 7) is 1.14. The van der Waals surface area contributed by atoms with Crippen LogP contribution in [0.2, 0.25) is 0 Å². The van der Waals surface area contributed by atoms with E-state index >= 15 is 0 Å². The molecule has 0 atom stereocenters. The lowest BCUT2D eigenvalue weighted by molar-refractivity contribution is -0.133. The molecule has 3 aliphatic rings. The molecule has 3 aliphatic carbocycles. The Hall–Kier alpha value is -1.85. The van der Waals surface area contributed by atoms with E-state index in [-0.39, 0.29) is 11.8 Å². The van der Waals surface area contributed by atoms with Gasteiger partial charge in [-0.25, -0.2) is 0 Å². The van der Waals surface area contributed by atoms with Gasteiger partial charge in [-0.1, -0.05) is 30.8 Å². The number of nitrogens with zero attached hydrogens (tertiary/aromatic N) is 2. The van der Waals surface area contributed by atoms with Gasteiger partial charge in [-0.05, 0) is 43.9 Å². The molecule has 3 fully saturated rings. The first-order valence-corrected chi connectivity index (χ1v) is 10.2. The Labute approximate surface area is 154 Å². The van der Waals surface area contributed by atoms with Crippen LogP contribution in [0.15, 0.2) is 10.6 Å². The summed E-state index contributed by atoms with van der Waals surface area (Å²) < 4.78 is 5.34. The van der Waals surface area contributed by atoms with Crippen molar-refractivity contribution in [3.05, 3.63) is 17.5 Å². The van der Waals surface area contributed by atoms with E-state index in [0.29, 0.717) is 36.4 Å². The third kappa shape index (κ3) is 4.65. The Morgan fingerprint density at radius 3 is 2.58 bits per heavy atom. The number of carbonyl (C=O) groups excluding carboxylic acids is 2. The molecule has 0 spiro atoms. The van der Waals surface area contributed by atoms with Gasteiger partial charge in [-0.15, -0.1) is 0 Å². The number of hydrogen-bond acceptors (Lipinski definition) is 4. The normalized spacial score (nSPS) is 20.3. The summed E-state index contributed by atoms with van der Waals surface area (Å²) in [5, 5.41) is 6.79. The van der Waals surface area contributed by atoms with Gasteiger partial charge in [-0.2, -0.15) is 0 Å². The number of carbonyl (C=O) groups is 2. The monoisotopic (exact) mass is 359 g/mol. The Balaban J connectivity index is 1.29. The second-order valence-corrected chi connectivity index (χ2v) is 8.27. The second-order valence-electron chi connectivity index (χ2n) is 8.27. The summed E-state index contributed by atoms with van der Waals surface area (Å²) in [7, 11) is 0. The number of rotatable bonds is 9. The maximum atomic E-state index is 12.7. The van der Waals surface area contributed by atoms with Crippen LogP contribution in [0, 0.1) is 11.8 Å². The molecule has 4 rings (SSSR count). The van der Waals surface area contributed by atoms with Gasteiger partial charge in [0.2, 0.25) is 5.91 Å². The molecule has 0 bridgehead atoms. The average Bonchev–Trinajstić information content (AvgIpc) is 3.56. The molecule has 6 heteroatoms. The quantitative estimate of drug-likeness (QED) is 0.734. The fraction of sp³-hybridized carbons (Fsp3) is 0.750. The summed E-state index contributed by atoms with van der Waals surface area (Å²) >= 11 is 0. The number of aromatic nitrogens is 1. The highest BCUT2D eigenvalue weighted by Crippen LogP contribution is 2.32. The number of nitrogens with one attached hydrogen (secondary N) is 1. The van der Waals surface area contributed by atoms with Gasteiger partial charge in [-0.3, -0.25) is 9.59 Å². The SMILES string of the molecule is O=C(NCC1CC1)c1cc(CN(C(=O)CCC2CCCC2)C2CC2)on1. The zero-order valence-corrected chi connectivity index (χ0v) is 15.4. The molecule has 26 heavy (non-hydrogen) atoms. The van der Waals surface area contributed by atoms with Gasteiger partial charge in [0.25, 0.3) is 5.91 Å². The molecule has 3 saturated carbocycles. The molecule has 142 valence electrons. The molecular weight excluding hydrogens is 330 g/mol. The smallest absolute Gasteiger partial charge is 0.273 e. The molecular formula is C20H29N3O3. The molecule has 6 nitrogen and oxygen atoms in total. The van der Waals surface area contributed by atoms with E-state index in [0.717, 1.165) is 31.7 Å². The molecule has 1 aromatic rings. The third-order valence-corrected chi connectivity index (χ3v) is 5.92. The van der Waals surface area contributed by atoms with Crippen LogP contribution in [-0.2, 0) is 11.3 Å². The van der Waals surface area contributed by atoms with E-state index in [9.17, 15) is 9.59 Å². The van der Waals surface area contributed by atoms with Gasteiger partial charge < -0.3 is 14.7 Å². The largest absolute Gasteiger partial charge is 0.359 e. The molecule has 0 aromatic carbocycles. The number of amides is 2. The zero-order valence-electron chi connectivity index (χ0n) is 15.4. The minimum atomic E-state index is -0.183. The fourth-order valence-electron chi connectivity index (χ4n) is 3.89. The van der Waals surface area contributed by atoms with Crippen molar-refractivity contribution in [2.45, 2.75) is 76.8 Å². The maximum absolute atomic E-state index is 12.7. The van der Waals surface area contributed by atoms with Crippen LogP contribution in [0.3, 0.4) is 0 Å². The van der Waals surface area contributed by atoms with Crippen molar-refractivity contribution in [1.82, 2.24) is 15.4 Å². The standard InChI is InChI=1S/C20H29N3O3/c24-19(10-7-14-3-1-2-4-14)23(16-8-9-16)13-17-11-18(22-26-17)20(25)21-12-15-5-6-15/h11,14-16H,1-10,12-13H2,(H,21,25). The van der Waals surface area contributed by atoms with Crippen LogP contribution in [0.5, 0.6) is 0 Å². The highest BCUT2D eigenvalue weighted by atomic mass is 16.5. The summed E-state index contributed by atoms with van der Waals surface area (Å²) in [5.74, 6) is 2.00. The van der Waals surface area contributed by atoms with Crippen LogP contribution in [0.1, 0.15) is 80.5 Å². The first-order valence-electron chi connectivity index (χ1n) is 10.2. The van der Waals surface area contributed by atoms with Gasteiger partial charge in [0.05, 0.1) is 6.54 Å². The molecule has 2 amide bonds. The molecule has 0 unspecified atom stereocenters. The minimum Gasteiger partial charge on any atom is -0.359 e. The average molecular weight is 359 g/mol. The van der Waals surface area contributed by atoms with E-state index < -0.39 is 0 Å². The minimum absolute atomic E-state index is 0.183. The Kier molecular flexibility index (Phi) is 5.27. The van der Waals surface area contributed by atoms with Crippen LogP contribution in [0.4, 0.5) is 0 Å². The second kappa shape index (κ2) is 7.80. The maximum Gasteiger partial charge on any atom is 0.273 e. The molecule has 0 aliphatic heterocycles. The third-order valence-electron chi connectivity index (χ3n) is 5.92. The lowest BCUT2D eigenvalue weighted by atomic mass is 10.0. The van der Waals surface area contributed by atoms with E-state index in [1.165, 1.54) is 38.5 Å². The van der Waals surface area contributed by atoms with Crippen LogP contribution in [-0.4, -0.2) is 34.5 Å². The Morgan fingerprint density at radius 2 is 1.88 bits per heavy atom. The van der Waals surface area contributed by atoms with Crippen molar-refractivity contribution >= 4 is 11.8 Å². The molecule has 1 heterocycles. The van der Waals surface area contributed by atoms with E-state index in [1.807, 2.05) is 4.90 Å². The van der Waals surface area contributed by atoms with E-state index in [1.54, 1.807) is 6.07 Å². The van der Waals surface area contributed by atoms with Crippen LogP contribution < -0.4 is 5.32 Å². The molecule has 1 N–H and O–H groups in total. The van der Waals surface area contributed by atoms with Gasteiger partial charge in [0.15, 0.2) is 11.5 Å². The molecule has 0 saturated heterocycles. The lowest BCUT2D eigenvalue weighted by Crippen LogP contribution is -2.32. The van der Waals surface area contributed by atoms with Crippen LogP contribution >= 0.6 is 0 Å². The highest BCUT2D eigenvalue weighted by molar-refractivity contribution is 5.92. The lowest BCUT2D eigenvalue weighted by Gasteiger charge is -2.21.